The number of aryl methyl sites for hydroxylation is 3. The Morgan fingerprint density at radius 2 is 1.67 bits per heavy atom. The monoisotopic (exact) mass is 365 g/mol. The van der Waals surface area contributed by atoms with E-state index in [4.69, 9.17) is 11.6 Å². The van der Waals surface area contributed by atoms with E-state index in [-0.39, 0.29) is 6.04 Å². The molecule has 0 aliphatic carbocycles. The average molecular weight is 367 g/mol. The Kier molecular flexibility index (Phi) is 5.48. The maximum Gasteiger partial charge on any atom is 0.0590 e. The van der Waals surface area contributed by atoms with Crippen LogP contribution < -0.4 is 5.32 Å². The van der Waals surface area contributed by atoms with Gasteiger partial charge in [-0.15, -0.1) is 0 Å². The van der Waals surface area contributed by atoms with Crippen LogP contribution in [0.3, 0.4) is 0 Å². The highest BCUT2D eigenvalue weighted by atomic mass is 79.9. The molecule has 0 bridgehead atoms. The van der Waals surface area contributed by atoms with Crippen LogP contribution in [0.2, 0.25) is 5.02 Å². The second-order valence-corrected chi connectivity index (χ2v) is 6.74. The Morgan fingerprint density at radius 1 is 1.00 bits per heavy atom. The number of benzene rings is 2. The zero-order valence-corrected chi connectivity index (χ0v) is 15.3. The first-order valence-corrected chi connectivity index (χ1v) is 8.37. The molecule has 0 saturated carbocycles. The van der Waals surface area contributed by atoms with E-state index in [1.807, 2.05) is 12.1 Å². The summed E-state index contributed by atoms with van der Waals surface area (Å²) in [6.45, 7) is 9.54. The van der Waals surface area contributed by atoms with Gasteiger partial charge in [0.05, 0.1) is 6.04 Å². The van der Waals surface area contributed by atoms with E-state index < -0.39 is 0 Å². The van der Waals surface area contributed by atoms with Crippen LogP contribution in [0.25, 0.3) is 0 Å². The van der Waals surface area contributed by atoms with Crippen molar-refractivity contribution in [3.8, 4) is 0 Å². The number of rotatable bonds is 4. The summed E-state index contributed by atoms with van der Waals surface area (Å²) in [4.78, 5) is 0. The molecule has 0 amide bonds. The Bertz CT molecular complexity index is 652. The van der Waals surface area contributed by atoms with Gasteiger partial charge in [-0.2, -0.15) is 0 Å². The van der Waals surface area contributed by atoms with Crippen molar-refractivity contribution in [3.63, 3.8) is 0 Å². The van der Waals surface area contributed by atoms with E-state index in [9.17, 15) is 0 Å². The molecular formula is C18H21BrClN. The van der Waals surface area contributed by atoms with Gasteiger partial charge in [0.25, 0.3) is 0 Å². The predicted molar refractivity (Wildman–Crippen MR) is 95.3 cm³/mol. The molecule has 0 spiro atoms. The minimum absolute atomic E-state index is 0.168. The normalized spacial score (nSPS) is 12.5. The summed E-state index contributed by atoms with van der Waals surface area (Å²) in [5.74, 6) is 0. The summed E-state index contributed by atoms with van der Waals surface area (Å²) in [7, 11) is 0. The zero-order chi connectivity index (χ0) is 15.6. The third-order valence-corrected chi connectivity index (χ3v) is 4.80. The summed E-state index contributed by atoms with van der Waals surface area (Å²) in [5, 5.41) is 4.34. The molecule has 1 unspecified atom stereocenters. The first-order chi connectivity index (χ1) is 9.93. The predicted octanol–water partition coefficient (Wildman–Crippen LogP) is 5.73. The van der Waals surface area contributed by atoms with Gasteiger partial charge in [0.2, 0.25) is 0 Å². The smallest absolute Gasteiger partial charge is 0.0590 e. The molecule has 1 atom stereocenters. The Hall–Kier alpha value is -0.830. The molecule has 1 nitrogen and oxygen atoms in total. The number of hydrogen-bond donors (Lipinski definition) is 1. The number of hydrogen-bond acceptors (Lipinski definition) is 1. The molecule has 1 N–H and O–H groups in total. The lowest BCUT2D eigenvalue weighted by Crippen LogP contribution is -2.23. The highest BCUT2D eigenvalue weighted by Crippen LogP contribution is 2.33. The van der Waals surface area contributed by atoms with Crippen molar-refractivity contribution < 1.29 is 0 Å². The quantitative estimate of drug-likeness (QED) is 0.729. The fourth-order valence-corrected chi connectivity index (χ4v) is 3.53. The van der Waals surface area contributed by atoms with Gasteiger partial charge < -0.3 is 5.32 Å². The van der Waals surface area contributed by atoms with E-state index in [1.54, 1.807) is 0 Å². The molecule has 112 valence electrons. The summed E-state index contributed by atoms with van der Waals surface area (Å²) in [6.07, 6.45) is 0. The molecule has 0 aromatic heterocycles. The fourth-order valence-electron chi connectivity index (χ4n) is 2.62. The van der Waals surface area contributed by atoms with Crippen molar-refractivity contribution >= 4 is 27.5 Å². The van der Waals surface area contributed by atoms with Gasteiger partial charge in [0, 0.05) is 9.50 Å². The molecule has 2 aromatic carbocycles. The van der Waals surface area contributed by atoms with E-state index in [0.717, 1.165) is 16.0 Å². The first kappa shape index (κ1) is 16.5. The van der Waals surface area contributed by atoms with Crippen LogP contribution in [-0.4, -0.2) is 6.54 Å². The summed E-state index contributed by atoms with van der Waals surface area (Å²) in [5.41, 5.74) is 6.51. The topological polar surface area (TPSA) is 12.0 Å². The molecule has 3 heteroatoms. The van der Waals surface area contributed by atoms with E-state index in [1.165, 1.54) is 27.8 Å². The fraction of sp³-hybridized carbons (Fsp3) is 0.333. The van der Waals surface area contributed by atoms with E-state index >= 15 is 0 Å². The second kappa shape index (κ2) is 6.95. The first-order valence-electron chi connectivity index (χ1n) is 7.20. The van der Waals surface area contributed by atoms with E-state index in [2.05, 4.69) is 67.1 Å². The molecule has 2 rings (SSSR count). The third kappa shape index (κ3) is 3.68. The Labute approximate surface area is 140 Å². The number of nitrogens with one attached hydrogen (secondary N) is 1. The molecule has 0 saturated heterocycles. The largest absolute Gasteiger partial charge is 0.306 e. The van der Waals surface area contributed by atoms with Gasteiger partial charge in [0.1, 0.15) is 0 Å². The van der Waals surface area contributed by atoms with Crippen molar-refractivity contribution in [2.45, 2.75) is 33.7 Å². The molecule has 0 radical (unpaired) electrons. The van der Waals surface area contributed by atoms with Gasteiger partial charge in [-0.1, -0.05) is 52.7 Å². The molecule has 0 fully saturated rings. The molecule has 0 aliphatic rings. The van der Waals surface area contributed by atoms with Crippen LogP contribution in [0.1, 0.15) is 40.8 Å². The van der Waals surface area contributed by atoms with Crippen molar-refractivity contribution in [3.05, 3.63) is 67.6 Å². The molecule has 21 heavy (non-hydrogen) atoms. The Balaban J connectivity index is 2.55. The minimum atomic E-state index is 0.168. The van der Waals surface area contributed by atoms with Gasteiger partial charge in [-0.3, -0.25) is 0 Å². The van der Waals surface area contributed by atoms with Crippen molar-refractivity contribution in [2.24, 2.45) is 0 Å². The van der Waals surface area contributed by atoms with Gasteiger partial charge >= 0.3 is 0 Å². The van der Waals surface area contributed by atoms with Crippen LogP contribution in [0.5, 0.6) is 0 Å². The Morgan fingerprint density at radius 3 is 2.29 bits per heavy atom. The lowest BCUT2D eigenvalue weighted by atomic mass is 9.91. The summed E-state index contributed by atoms with van der Waals surface area (Å²) < 4.78 is 1.04. The highest BCUT2D eigenvalue weighted by Gasteiger charge is 2.18. The summed E-state index contributed by atoms with van der Waals surface area (Å²) in [6, 6.07) is 10.7. The van der Waals surface area contributed by atoms with Crippen LogP contribution in [0.15, 0.2) is 34.8 Å². The minimum Gasteiger partial charge on any atom is -0.306 e. The highest BCUT2D eigenvalue weighted by molar-refractivity contribution is 9.10. The van der Waals surface area contributed by atoms with E-state index in [0.29, 0.717) is 0 Å². The van der Waals surface area contributed by atoms with Crippen molar-refractivity contribution in [2.75, 3.05) is 6.54 Å². The number of halogens is 2. The maximum atomic E-state index is 6.07. The van der Waals surface area contributed by atoms with Gasteiger partial charge in [0.15, 0.2) is 0 Å². The van der Waals surface area contributed by atoms with Gasteiger partial charge in [-0.25, -0.2) is 0 Å². The second-order valence-electron chi connectivity index (χ2n) is 5.45. The maximum absolute atomic E-state index is 6.07. The summed E-state index contributed by atoms with van der Waals surface area (Å²) >= 11 is 9.72. The lowest BCUT2D eigenvalue weighted by Gasteiger charge is -2.23. The molecule has 2 aromatic rings. The van der Waals surface area contributed by atoms with Crippen LogP contribution in [0, 0.1) is 20.8 Å². The molecule has 0 heterocycles. The molecular weight excluding hydrogens is 346 g/mol. The van der Waals surface area contributed by atoms with Crippen molar-refractivity contribution in [1.82, 2.24) is 5.32 Å². The zero-order valence-electron chi connectivity index (χ0n) is 12.9. The van der Waals surface area contributed by atoms with Crippen molar-refractivity contribution in [1.29, 1.82) is 0 Å². The van der Waals surface area contributed by atoms with Crippen LogP contribution >= 0.6 is 27.5 Å². The third-order valence-electron chi connectivity index (χ3n) is 3.88. The standard InChI is InChI=1S/C18H21BrClN/c1-5-21-18(15-7-6-14(20)10-17(15)19)16-9-12(3)11(2)8-13(16)4/h6-10,18,21H,5H2,1-4H3. The molecule has 0 aliphatic heterocycles. The SMILES string of the molecule is CCNC(c1cc(C)c(C)cc1C)c1ccc(Cl)cc1Br. The van der Waals surface area contributed by atoms with Gasteiger partial charge in [-0.05, 0) is 67.3 Å². The lowest BCUT2D eigenvalue weighted by molar-refractivity contribution is 0.625. The average Bonchev–Trinajstić information content (AvgIpc) is 2.41. The van der Waals surface area contributed by atoms with Crippen LogP contribution in [-0.2, 0) is 0 Å². The van der Waals surface area contributed by atoms with Crippen LogP contribution in [0.4, 0.5) is 0 Å².